The smallest absolute Gasteiger partial charge is 0.363 e. The summed E-state index contributed by atoms with van der Waals surface area (Å²) in [6.07, 6.45) is 1.70. The minimum Gasteiger partial charge on any atom is -0.490 e. The largest absolute Gasteiger partial charge is 0.490 e. The molecule has 0 aliphatic carbocycles. The SMILES string of the molecule is CCOc1cc(/C=C2\N=C(c3ccc(-c4ccccc4)cc3)OC2=O)cc(I)c1OCC. The van der Waals surface area contributed by atoms with Crippen LogP contribution in [0.25, 0.3) is 17.2 Å². The highest BCUT2D eigenvalue weighted by Gasteiger charge is 2.24. The number of aliphatic imine (C=N–C) groups is 1. The van der Waals surface area contributed by atoms with Crippen LogP contribution >= 0.6 is 22.6 Å². The Hall–Kier alpha value is -3.13. The Balaban J connectivity index is 1.61. The first-order chi connectivity index (χ1) is 15.6. The van der Waals surface area contributed by atoms with E-state index in [1.54, 1.807) is 6.08 Å². The molecule has 0 saturated carbocycles. The van der Waals surface area contributed by atoms with E-state index in [1.807, 2.05) is 68.4 Å². The Morgan fingerprint density at radius 1 is 0.906 bits per heavy atom. The van der Waals surface area contributed by atoms with Crippen molar-refractivity contribution in [2.45, 2.75) is 13.8 Å². The molecule has 0 atom stereocenters. The van der Waals surface area contributed by atoms with Crippen molar-refractivity contribution < 1.29 is 19.0 Å². The van der Waals surface area contributed by atoms with Crippen LogP contribution in [0.4, 0.5) is 0 Å². The minimum absolute atomic E-state index is 0.245. The van der Waals surface area contributed by atoms with Gasteiger partial charge in [-0.25, -0.2) is 9.79 Å². The molecule has 0 fully saturated rings. The van der Waals surface area contributed by atoms with Gasteiger partial charge in [0.2, 0.25) is 5.90 Å². The quantitative estimate of drug-likeness (QED) is 0.207. The van der Waals surface area contributed by atoms with Gasteiger partial charge >= 0.3 is 5.97 Å². The molecule has 0 saturated heterocycles. The molecule has 1 aliphatic heterocycles. The molecule has 1 aliphatic rings. The van der Waals surface area contributed by atoms with E-state index in [4.69, 9.17) is 14.2 Å². The monoisotopic (exact) mass is 539 g/mol. The molecule has 3 aromatic rings. The summed E-state index contributed by atoms with van der Waals surface area (Å²) in [5.74, 6) is 1.16. The van der Waals surface area contributed by atoms with Crippen LogP contribution in [-0.2, 0) is 9.53 Å². The third-order valence-corrected chi connectivity index (χ3v) is 5.58. The van der Waals surface area contributed by atoms with Gasteiger partial charge in [-0.3, -0.25) is 0 Å². The minimum atomic E-state index is -0.478. The van der Waals surface area contributed by atoms with Gasteiger partial charge in [0.15, 0.2) is 17.2 Å². The van der Waals surface area contributed by atoms with Crippen molar-refractivity contribution in [2.75, 3.05) is 13.2 Å². The van der Waals surface area contributed by atoms with Crippen molar-refractivity contribution in [3.63, 3.8) is 0 Å². The normalized spacial score (nSPS) is 14.3. The van der Waals surface area contributed by atoms with Crippen LogP contribution in [-0.4, -0.2) is 25.1 Å². The Kier molecular flexibility index (Phi) is 6.90. The lowest BCUT2D eigenvalue weighted by atomic mass is 10.0. The summed E-state index contributed by atoms with van der Waals surface area (Å²) in [6, 6.07) is 21.7. The number of hydrogen-bond acceptors (Lipinski definition) is 5. The molecule has 0 amide bonds. The lowest BCUT2D eigenvalue weighted by molar-refractivity contribution is -0.129. The molecule has 0 bridgehead atoms. The van der Waals surface area contributed by atoms with Gasteiger partial charge in [0.05, 0.1) is 16.8 Å². The van der Waals surface area contributed by atoms with Gasteiger partial charge in [0.25, 0.3) is 0 Å². The van der Waals surface area contributed by atoms with Crippen LogP contribution in [0.5, 0.6) is 11.5 Å². The van der Waals surface area contributed by atoms with Gasteiger partial charge in [-0.15, -0.1) is 0 Å². The van der Waals surface area contributed by atoms with Crippen LogP contribution in [0.15, 0.2) is 77.4 Å². The van der Waals surface area contributed by atoms with E-state index in [0.717, 1.165) is 25.8 Å². The standard InChI is InChI=1S/C26H22INO4/c1-3-30-23-16-17(14-21(27)24(23)31-4-2)15-22-26(29)32-25(28-22)20-12-10-19(11-13-20)18-8-6-5-7-9-18/h5-16H,3-4H2,1-2H3/b22-15-. The maximum Gasteiger partial charge on any atom is 0.363 e. The highest BCUT2D eigenvalue weighted by molar-refractivity contribution is 14.1. The lowest BCUT2D eigenvalue weighted by Crippen LogP contribution is -2.05. The van der Waals surface area contributed by atoms with Crippen molar-refractivity contribution in [3.05, 3.63) is 87.1 Å². The zero-order valence-corrected chi connectivity index (χ0v) is 20.0. The molecule has 1 heterocycles. The summed E-state index contributed by atoms with van der Waals surface area (Å²) >= 11 is 2.20. The molecule has 3 aromatic carbocycles. The fraction of sp³-hybridized carbons (Fsp3) is 0.154. The summed E-state index contributed by atoms with van der Waals surface area (Å²) in [4.78, 5) is 16.9. The number of ether oxygens (including phenoxy) is 3. The first-order valence-electron chi connectivity index (χ1n) is 10.4. The highest BCUT2D eigenvalue weighted by atomic mass is 127. The Morgan fingerprint density at radius 2 is 1.56 bits per heavy atom. The number of cyclic esters (lactones) is 1. The lowest BCUT2D eigenvalue weighted by Gasteiger charge is -2.13. The summed E-state index contributed by atoms with van der Waals surface area (Å²) in [5, 5.41) is 0. The second kappa shape index (κ2) is 9.99. The van der Waals surface area contributed by atoms with Crippen molar-refractivity contribution >= 4 is 40.5 Å². The average Bonchev–Trinajstić information content (AvgIpc) is 3.17. The molecule has 0 spiro atoms. The fourth-order valence-corrected chi connectivity index (χ4v) is 4.13. The van der Waals surface area contributed by atoms with Crippen molar-refractivity contribution in [2.24, 2.45) is 4.99 Å². The van der Waals surface area contributed by atoms with E-state index < -0.39 is 5.97 Å². The van der Waals surface area contributed by atoms with Gasteiger partial charge in [-0.1, -0.05) is 42.5 Å². The van der Waals surface area contributed by atoms with Crippen molar-refractivity contribution in [3.8, 4) is 22.6 Å². The maximum absolute atomic E-state index is 12.5. The molecule has 4 rings (SSSR count). The summed E-state index contributed by atoms with van der Waals surface area (Å²) in [6.45, 7) is 4.90. The number of nitrogens with zero attached hydrogens (tertiary/aromatic N) is 1. The molecule has 6 heteroatoms. The van der Waals surface area contributed by atoms with E-state index in [-0.39, 0.29) is 5.70 Å². The third kappa shape index (κ3) is 4.85. The van der Waals surface area contributed by atoms with Crippen LogP contribution in [0.1, 0.15) is 25.0 Å². The molecule has 0 aromatic heterocycles. The van der Waals surface area contributed by atoms with Gasteiger partial charge in [-0.2, -0.15) is 0 Å². The predicted molar refractivity (Wildman–Crippen MR) is 134 cm³/mol. The average molecular weight is 539 g/mol. The van der Waals surface area contributed by atoms with E-state index >= 15 is 0 Å². The number of carbonyl (C=O) groups is 1. The molecular formula is C26H22INO4. The summed E-state index contributed by atoms with van der Waals surface area (Å²) < 4.78 is 17.8. The number of hydrogen-bond donors (Lipinski definition) is 0. The summed E-state index contributed by atoms with van der Waals surface area (Å²) in [7, 11) is 0. The molecule has 5 nitrogen and oxygen atoms in total. The van der Waals surface area contributed by atoms with Gasteiger partial charge < -0.3 is 14.2 Å². The molecule has 32 heavy (non-hydrogen) atoms. The number of halogens is 1. The number of esters is 1. The van der Waals surface area contributed by atoms with Crippen molar-refractivity contribution in [1.82, 2.24) is 0 Å². The Morgan fingerprint density at radius 3 is 2.25 bits per heavy atom. The van der Waals surface area contributed by atoms with E-state index in [0.29, 0.717) is 30.6 Å². The molecule has 0 unspecified atom stereocenters. The first kappa shape index (κ1) is 22.1. The molecule has 162 valence electrons. The molecule has 0 radical (unpaired) electrons. The second-order valence-corrected chi connectivity index (χ2v) is 8.14. The van der Waals surface area contributed by atoms with Crippen LogP contribution in [0.2, 0.25) is 0 Å². The van der Waals surface area contributed by atoms with Gasteiger partial charge in [0, 0.05) is 5.56 Å². The zero-order valence-electron chi connectivity index (χ0n) is 17.8. The Bertz CT molecular complexity index is 1180. The topological polar surface area (TPSA) is 57.1 Å². The highest BCUT2D eigenvalue weighted by Crippen LogP contribution is 2.35. The Labute approximate surface area is 200 Å². The van der Waals surface area contributed by atoms with E-state index in [9.17, 15) is 4.79 Å². The van der Waals surface area contributed by atoms with E-state index in [2.05, 4.69) is 39.7 Å². The zero-order chi connectivity index (χ0) is 22.5. The second-order valence-electron chi connectivity index (χ2n) is 6.98. The summed E-state index contributed by atoms with van der Waals surface area (Å²) in [5.41, 5.74) is 3.99. The molecular weight excluding hydrogens is 517 g/mol. The van der Waals surface area contributed by atoms with Crippen LogP contribution < -0.4 is 9.47 Å². The van der Waals surface area contributed by atoms with Crippen LogP contribution in [0, 0.1) is 3.57 Å². The van der Waals surface area contributed by atoms with Crippen LogP contribution in [0.3, 0.4) is 0 Å². The van der Waals surface area contributed by atoms with Gasteiger partial charge in [0.1, 0.15) is 0 Å². The number of rotatable bonds is 7. The van der Waals surface area contributed by atoms with Gasteiger partial charge in [-0.05, 0) is 83.5 Å². The van der Waals surface area contributed by atoms with Crippen molar-refractivity contribution in [1.29, 1.82) is 0 Å². The molecule has 0 N–H and O–H groups in total. The van der Waals surface area contributed by atoms with E-state index in [1.165, 1.54) is 0 Å². The fourth-order valence-electron chi connectivity index (χ4n) is 3.34. The predicted octanol–water partition coefficient (Wildman–Crippen LogP) is 6.10. The number of carbonyl (C=O) groups excluding carboxylic acids is 1. The third-order valence-electron chi connectivity index (χ3n) is 4.78. The maximum atomic E-state index is 12.5. The number of benzene rings is 3. The first-order valence-corrected chi connectivity index (χ1v) is 11.4.